The van der Waals surface area contributed by atoms with E-state index in [2.05, 4.69) is 30.3 Å². The van der Waals surface area contributed by atoms with E-state index in [9.17, 15) is 0 Å². The van der Waals surface area contributed by atoms with Crippen LogP contribution in [0.2, 0.25) is 0 Å². The minimum atomic E-state index is 0.483. The Morgan fingerprint density at radius 1 is 1.44 bits per heavy atom. The first kappa shape index (κ1) is 11.6. The van der Waals surface area contributed by atoms with E-state index < -0.39 is 0 Å². The van der Waals surface area contributed by atoms with Crippen LogP contribution in [0.4, 0.5) is 0 Å². The molecule has 1 saturated carbocycles. The molecular weight excluding hydrogens is 196 g/mol. The van der Waals surface area contributed by atoms with Gasteiger partial charge in [-0.15, -0.1) is 0 Å². The van der Waals surface area contributed by atoms with Gasteiger partial charge in [-0.3, -0.25) is 4.98 Å². The molecule has 1 aromatic rings. The molecule has 0 radical (unpaired) electrons. The van der Waals surface area contributed by atoms with E-state index in [1.54, 1.807) is 0 Å². The largest absolute Gasteiger partial charge is 0.313 e. The number of aromatic nitrogens is 1. The molecular formula is C14H22N2. The van der Waals surface area contributed by atoms with Crippen molar-refractivity contribution < 1.29 is 0 Å². The molecule has 3 atom stereocenters. The van der Waals surface area contributed by atoms with E-state index in [4.69, 9.17) is 0 Å². The highest BCUT2D eigenvalue weighted by Gasteiger charge is 2.26. The van der Waals surface area contributed by atoms with Gasteiger partial charge < -0.3 is 5.32 Å². The topological polar surface area (TPSA) is 24.9 Å². The van der Waals surface area contributed by atoms with Crippen molar-refractivity contribution in [3.05, 3.63) is 30.1 Å². The van der Waals surface area contributed by atoms with Gasteiger partial charge in [0, 0.05) is 18.4 Å². The maximum atomic E-state index is 4.23. The fourth-order valence-corrected chi connectivity index (χ4v) is 3.02. The Balaban J connectivity index is 2.10. The summed E-state index contributed by atoms with van der Waals surface area (Å²) >= 11 is 0. The van der Waals surface area contributed by atoms with Crippen molar-refractivity contribution in [1.29, 1.82) is 0 Å². The molecule has 1 N–H and O–H groups in total. The Bertz CT molecular complexity index is 310. The van der Waals surface area contributed by atoms with E-state index in [1.165, 1.54) is 31.2 Å². The lowest BCUT2D eigenvalue weighted by Crippen LogP contribution is -2.29. The van der Waals surface area contributed by atoms with Crippen molar-refractivity contribution in [2.45, 2.75) is 38.6 Å². The summed E-state index contributed by atoms with van der Waals surface area (Å²) < 4.78 is 0. The lowest BCUT2D eigenvalue weighted by molar-refractivity contribution is 0.230. The maximum Gasteiger partial charge on any atom is 0.0361 e. The summed E-state index contributed by atoms with van der Waals surface area (Å²) in [6.07, 6.45) is 9.33. The second-order valence-electron chi connectivity index (χ2n) is 5.08. The second-order valence-corrected chi connectivity index (χ2v) is 5.08. The number of nitrogens with one attached hydrogen (secondary N) is 1. The fraction of sp³-hybridized carbons (Fsp3) is 0.643. The van der Waals surface area contributed by atoms with E-state index >= 15 is 0 Å². The van der Waals surface area contributed by atoms with Crippen LogP contribution in [0.1, 0.15) is 44.2 Å². The lowest BCUT2D eigenvalue weighted by Gasteiger charge is -2.33. The third kappa shape index (κ3) is 2.62. The Morgan fingerprint density at radius 3 is 2.94 bits per heavy atom. The lowest BCUT2D eigenvalue weighted by atomic mass is 9.77. The van der Waals surface area contributed by atoms with Gasteiger partial charge in [-0.25, -0.2) is 0 Å². The summed E-state index contributed by atoms with van der Waals surface area (Å²) in [7, 11) is 2.07. The molecule has 1 aliphatic carbocycles. The van der Waals surface area contributed by atoms with E-state index in [1.807, 2.05) is 18.5 Å². The average Bonchev–Trinajstić information content (AvgIpc) is 2.31. The quantitative estimate of drug-likeness (QED) is 0.843. The molecule has 2 nitrogen and oxygen atoms in total. The highest BCUT2D eigenvalue weighted by molar-refractivity contribution is 5.15. The Labute approximate surface area is 98.5 Å². The van der Waals surface area contributed by atoms with Crippen molar-refractivity contribution in [2.75, 3.05) is 7.05 Å². The molecule has 2 heteroatoms. The molecule has 1 fully saturated rings. The number of nitrogens with zero attached hydrogens (tertiary/aromatic N) is 1. The number of hydrogen-bond acceptors (Lipinski definition) is 2. The Morgan fingerprint density at radius 2 is 2.31 bits per heavy atom. The average molecular weight is 218 g/mol. The standard InChI is InChI=1S/C14H22N2/c1-11-5-3-6-12(9-11)14(15-2)13-7-4-8-16-10-13/h4,7-8,10-12,14-15H,3,5-6,9H2,1-2H3. The van der Waals surface area contributed by atoms with Crippen LogP contribution in [0.15, 0.2) is 24.5 Å². The predicted octanol–water partition coefficient (Wildman–Crippen LogP) is 3.17. The summed E-state index contributed by atoms with van der Waals surface area (Å²) in [4.78, 5) is 4.23. The van der Waals surface area contributed by atoms with Crippen LogP contribution in [0.25, 0.3) is 0 Å². The van der Waals surface area contributed by atoms with Gasteiger partial charge in [0.15, 0.2) is 0 Å². The third-order valence-electron chi connectivity index (χ3n) is 3.80. The van der Waals surface area contributed by atoms with E-state index in [-0.39, 0.29) is 0 Å². The highest BCUT2D eigenvalue weighted by Crippen LogP contribution is 2.36. The first-order valence-corrected chi connectivity index (χ1v) is 6.38. The molecule has 2 rings (SSSR count). The van der Waals surface area contributed by atoms with Crippen LogP contribution in [0, 0.1) is 11.8 Å². The molecule has 0 aliphatic heterocycles. The first-order chi connectivity index (χ1) is 7.81. The Kier molecular flexibility index (Phi) is 3.94. The summed E-state index contributed by atoms with van der Waals surface area (Å²) in [6, 6.07) is 4.70. The normalized spacial score (nSPS) is 27.6. The van der Waals surface area contributed by atoms with Crippen LogP contribution in [0.5, 0.6) is 0 Å². The van der Waals surface area contributed by atoms with Gasteiger partial charge in [-0.2, -0.15) is 0 Å². The highest BCUT2D eigenvalue weighted by atomic mass is 14.9. The molecule has 0 saturated heterocycles. The smallest absolute Gasteiger partial charge is 0.0361 e. The zero-order chi connectivity index (χ0) is 11.4. The summed E-state index contributed by atoms with van der Waals surface area (Å²) in [5.41, 5.74) is 1.34. The molecule has 16 heavy (non-hydrogen) atoms. The van der Waals surface area contributed by atoms with Gasteiger partial charge in [0.2, 0.25) is 0 Å². The van der Waals surface area contributed by atoms with Gasteiger partial charge in [-0.1, -0.05) is 25.8 Å². The molecule has 0 amide bonds. The van der Waals surface area contributed by atoms with Gasteiger partial charge in [0.1, 0.15) is 0 Å². The minimum Gasteiger partial charge on any atom is -0.313 e. The van der Waals surface area contributed by atoms with Crippen molar-refractivity contribution in [3.63, 3.8) is 0 Å². The van der Waals surface area contributed by atoms with Crippen molar-refractivity contribution in [2.24, 2.45) is 11.8 Å². The summed E-state index contributed by atoms with van der Waals surface area (Å²) in [5.74, 6) is 1.66. The molecule has 88 valence electrons. The molecule has 0 aromatic carbocycles. The number of rotatable bonds is 3. The van der Waals surface area contributed by atoms with Crippen LogP contribution in [-0.4, -0.2) is 12.0 Å². The van der Waals surface area contributed by atoms with E-state index in [0.29, 0.717) is 6.04 Å². The maximum absolute atomic E-state index is 4.23. The van der Waals surface area contributed by atoms with Gasteiger partial charge in [0.25, 0.3) is 0 Å². The summed E-state index contributed by atoms with van der Waals surface area (Å²) in [6.45, 7) is 2.38. The molecule has 0 bridgehead atoms. The van der Waals surface area contributed by atoms with Gasteiger partial charge in [0.05, 0.1) is 0 Å². The van der Waals surface area contributed by atoms with Crippen molar-refractivity contribution in [1.82, 2.24) is 10.3 Å². The number of pyridine rings is 1. The zero-order valence-corrected chi connectivity index (χ0v) is 10.3. The van der Waals surface area contributed by atoms with Crippen LogP contribution < -0.4 is 5.32 Å². The monoisotopic (exact) mass is 218 g/mol. The van der Waals surface area contributed by atoms with Crippen molar-refractivity contribution in [3.8, 4) is 0 Å². The fourth-order valence-electron chi connectivity index (χ4n) is 3.02. The SMILES string of the molecule is CNC(c1cccnc1)C1CCCC(C)C1. The Hall–Kier alpha value is -0.890. The number of hydrogen-bond donors (Lipinski definition) is 1. The second kappa shape index (κ2) is 5.44. The molecule has 1 heterocycles. The summed E-state index contributed by atoms with van der Waals surface area (Å²) in [5, 5.41) is 3.47. The van der Waals surface area contributed by atoms with Gasteiger partial charge >= 0.3 is 0 Å². The molecule has 1 aromatic heterocycles. The predicted molar refractivity (Wildman–Crippen MR) is 67.2 cm³/mol. The van der Waals surface area contributed by atoms with Crippen LogP contribution >= 0.6 is 0 Å². The molecule has 3 unspecified atom stereocenters. The first-order valence-electron chi connectivity index (χ1n) is 6.38. The van der Waals surface area contributed by atoms with Crippen molar-refractivity contribution >= 4 is 0 Å². The molecule has 1 aliphatic rings. The van der Waals surface area contributed by atoms with Crippen LogP contribution in [0.3, 0.4) is 0 Å². The third-order valence-corrected chi connectivity index (χ3v) is 3.80. The van der Waals surface area contributed by atoms with E-state index in [0.717, 1.165) is 11.8 Å². The van der Waals surface area contributed by atoms with Gasteiger partial charge in [-0.05, 0) is 43.4 Å². The van der Waals surface area contributed by atoms with Crippen LogP contribution in [-0.2, 0) is 0 Å². The molecule has 0 spiro atoms. The minimum absolute atomic E-state index is 0.483. The zero-order valence-electron chi connectivity index (χ0n) is 10.3.